The molecule has 4 unspecified atom stereocenters. The third-order valence-corrected chi connectivity index (χ3v) is 4.03. The van der Waals surface area contributed by atoms with E-state index in [0.717, 1.165) is 0 Å². The molecule has 2 aliphatic rings. The monoisotopic (exact) mass is 309 g/mol. The van der Waals surface area contributed by atoms with Crippen LogP contribution in [0.25, 0.3) is 0 Å². The lowest BCUT2D eigenvalue weighted by molar-refractivity contribution is -0.167. The number of ether oxygens (including phenoxy) is 2. The number of hydrogen-bond acceptors (Lipinski definition) is 4. The third kappa shape index (κ3) is 3.48. The van der Waals surface area contributed by atoms with Gasteiger partial charge in [0.25, 0.3) is 0 Å². The summed E-state index contributed by atoms with van der Waals surface area (Å²) in [5.74, 6) is -1.51. The number of carbonyl (C=O) groups excluding carboxylic acids is 2. The third-order valence-electron chi connectivity index (χ3n) is 4.03. The average Bonchev–Trinajstić information content (AvgIpc) is 2.79. The van der Waals surface area contributed by atoms with Gasteiger partial charge in [-0.2, -0.15) is 13.2 Å². The Morgan fingerprint density at radius 1 is 1.33 bits per heavy atom. The van der Waals surface area contributed by atoms with E-state index in [1.54, 1.807) is 6.92 Å². The Balaban J connectivity index is 2.12. The van der Waals surface area contributed by atoms with Crippen LogP contribution >= 0.6 is 0 Å². The van der Waals surface area contributed by atoms with Gasteiger partial charge < -0.3 is 14.4 Å². The molecule has 2 rings (SSSR count). The molecule has 0 aromatic rings. The number of carbonyl (C=O) groups is 2. The van der Waals surface area contributed by atoms with Gasteiger partial charge in [-0.3, -0.25) is 4.79 Å². The second-order valence-electron chi connectivity index (χ2n) is 5.51. The molecule has 0 aliphatic carbocycles. The van der Waals surface area contributed by atoms with E-state index < -0.39 is 42.7 Å². The number of rotatable bonds is 2. The quantitative estimate of drug-likeness (QED) is 0.728. The molecular weight excluding hydrogens is 291 g/mol. The first-order valence-electron chi connectivity index (χ1n) is 6.84. The summed E-state index contributed by atoms with van der Waals surface area (Å²) in [4.78, 5) is 24.7. The summed E-state index contributed by atoms with van der Waals surface area (Å²) in [5.41, 5.74) is 0. The highest BCUT2D eigenvalue weighted by atomic mass is 19.4. The fourth-order valence-electron chi connectivity index (χ4n) is 3.13. The molecule has 1 amide bonds. The van der Waals surface area contributed by atoms with Crippen molar-refractivity contribution < 1.29 is 32.2 Å². The molecule has 2 saturated heterocycles. The summed E-state index contributed by atoms with van der Waals surface area (Å²) < 4.78 is 47.4. The normalized spacial score (nSPS) is 32.7. The smallest absolute Gasteiger partial charge is 0.397 e. The zero-order valence-corrected chi connectivity index (χ0v) is 11.9. The number of fused-ring (bicyclic) bond motifs is 1. The molecule has 0 radical (unpaired) electrons. The molecule has 2 fully saturated rings. The summed E-state index contributed by atoms with van der Waals surface area (Å²) in [6.07, 6.45) is -5.87. The van der Waals surface area contributed by atoms with E-state index in [0.29, 0.717) is 12.8 Å². The molecule has 5 nitrogen and oxygen atoms in total. The Bertz CT molecular complexity index is 426. The lowest BCUT2D eigenvalue weighted by Crippen LogP contribution is -2.54. The summed E-state index contributed by atoms with van der Waals surface area (Å²) in [6, 6.07) is -0.784. The van der Waals surface area contributed by atoms with Crippen molar-refractivity contribution in [3.63, 3.8) is 0 Å². The molecule has 0 bridgehead atoms. The Morgan fingerprint density at radius 2 is 2.00 bits per heavy atom. The lowest BCUT2D eigenvalue weighted by Gasteiger charge is -2.41. The zero-order valence-electron chi connectivity index (χ0n) is 11.9. The molecular formula is C13H18F3NO4. The number of halogens is 3. The maximum atomic E-state index is 12.4. The zero-order chi connectivity index (χ0) is 15.8. The second-order valence-corrected chi connectivity index (χ2v) is 5.51. The number of esters is 1. The Hall–Kier alpha value is -1.31. The van der Waals surface area contributed by atoms with Gasteiger partial charge in [0.1, 0.15) is 6.42 Å². The Morgan fingerprint density at radius 3 is 2.57 bits per heavy atom. The van der Waals surface area contributed by atoms with Gasteiger partial charge in [0.05, 0.1) is 19.3 Å². The van der Waals surface area contributed by atoms with E-state index in [4.69, 9.17) is 4.74 Å². The first-order valence-corrected chi connectivity index (χ1v) is 6.84. The Labute approximate surface area is 120 Å². The summed E-state index contributed by atoms with van der Waals surface area (Å²) in [5, 5.41) is 0. The minimum Gasteiger partial charge on any atom is -0.467 e. The van der Waals surface area contributed by atoms with Gasteiger partial charge in [0, 0.05) is 12.5 Å². The predicted molar refractivity (Wildman–Crippen MR) is 65.3 cm³/mol. The van der Waals surface area contributed by atoms with Gasteiger partial charge in [0.15, 0.2) is 6.10 Å². The van der Waals surface area contributed by atoms with E-state index in [1.807, 2.05) is 0 Å². The standard InChI is InChI=1S/C13H18F3NO4/c1-7-3-4-9-8(5-10(21-9)12(19)20-2)17(7)11(18)6-13(14,15)16/h7-10H,3-6H2,1-2H3. The van der Waals surface area contributed by atoms with E-state index >= 15 is 0 Å². The van der Waals surface area contributed by atoms with Crippen LogP contribution in [0.3, 0.4) is 0 Å². The minimum absolute atomic E-state index is 0.186. The van der Waals surface area contributed by atoms with Crippen molar-refractivity contribution in [2.24, 2.45) is 0 Å². The fraction of sp³-hybridized carbons (Fsp3) is 0.846. The van der Waals surface area contributed by atoms with Crippen LogP contribution in [0.2, 0.25) is 0 Å². The van der Waals surface area contributed by atoms with Crippen molar-refractivity contribution in [3.05, 3.63) is 0 Å². The lowest BCUT2D eigenvalue weighted by atomic mass is 9.92. The van der Waals surface area contributed by atoms with Crippen molar-refractivity contribution in [1.82, 2.24) is 4.90 Å². The molecule has 0 aromatic heterocycles. The fourth-order valence-corrected chi connectivity index (χ4v) is 3.13. The maximum absolute atomic E-state index is 12.4. The molecule has 21 heavy (non-hydrogen) atoms. The van der Waals surface area contributed by atoms with Crippen LogP contribution in [0.5, 0.6) is 0 Å². The summed E-state index contributed by atoms with van der Waals surface area (Å²) in [6.45, 7) is 1.72. The maximum Gasteiger partial charge on any atom is 0.397 e. The van der Waals surface area contributed by atoms with E-state index in [2.05, 4.69) is 4.74 Å². The summed E-state index contributed by atoms with van der Waals surface area (Å²) in [7, 11) is 1.23. The van der Waals surface area contributed by atoms with Crippen LogP contribution in [0.15, 0.2) is 0 Å². The van der Waals surface area contributed by atoms with Crippen LogP contribution < -0.4 is 0 Å². The highest BCUT2D eigenvalue weighted by molar-refractivity contribution is 5.79. The molecule has 0 spiro atoms. The topological polar surface area (TPSA) is 55.8 Å². The average molecular weight is 309 g/mol. The van der Waals surface area contributed by atoms with Gasteiger partial charge in [-0.1, -0.05) is 0 Å². The van der Waals surface area contributed by atoms with Gasteiger partial charge in [-0.15, -0.1) is 0 Å². The molecule has 2 heterocycles. The SMILES string of the molecule is COC(=O)C1CC2C(CCC(C)N2C(=O)CC(F)(F)F)O1. The van der Waals surface area contributed by atoms with Crippen molar-refractivity contribution in [1.29, 1.82) is 0 Å². The largest absolute Gasteiger partial charge is 0.467 e. The van der Waals surface area contributed by atoms with Gasteiger partial charge in [0.2, 0.25) is 5.91 Å². The number of alkyl halides is 3. The summed E-state index contributed by atoms with van der Waals surface area (Å²) >= 11 is 0. The van der Waals surface area contributed by atoms with Gasteiger partial charge >= 0.3 is 12.1 Å². The van der Waals surface area contributed by atoms with Crippen molar-refractivity contribution in [2.75, 3.05) is 7.11 Å². The Kier molecular flexibility index (Phi) is 4.46. The predicted octanol–water partition coefficient (Wildman–Crippen LogP) is 1.65. The van der Waals surface area contributed by atoms with Crippen LogP contribution in [0, 0.1) is 0 Å². The van der Waals surface area contributed by atoms with Crippen LogP contribution in [0.4, 0.5) is 13.2 Å². The van der Waals surface area contributed by atoms with Crippen LogP contribution in [-0.2, 0) is 19.1 Å². The van der Waals surface area contributed by atoms with E-state index in [1.165, 1.54) is 12.0 Å². The number of amides is 1. The first-order chi connectivity index (χ1) is 9.73. The highest BCUT2D eigenvalue weighted by Gasteiger charge is 2.49. The number of nitrogens with zero attached hydrogens (tertiary/aromatic N) is 1. The number of methoxy groups -OCH3 is 1. The van der Waals surface area contributed by atoms with Crippen LogP contribution in [-0.4, -0.2) is 54.4 Å². The second kappa shape index (κ2) is 5.82. The van der Waals surface area contributed by atoms with Crippen LogP contribution in [0.1, 0.15) is 32.6 Å². The van der Waals surface area contributed by atoms with E-state index in [-0.39, 0.29) is 12.5 Å². The molecule has 0 saturated carbocycles. The van der Waals surface area contributed by atoms with Crippen molar-refractivity contribution in [2.45, 2.75) is 63.1 Å². The number of piperidine rings is 1. The van der Waals surface area contributed by atoms with Crippen molar-refractivity contribution >= 4 is 11.9 Å². The molecule has 0 N–H and O–H groups in total. The van der Waals surface area contributed by atoms with Gasteiger partial charge in [-0.05, 0) is 19.8 Å². The molecule has 8 heteroatoms. The van der Waals surface area contributed by atoms with Crippen molar-refractivity contribution in [3.8, 4) is 0 Å². The number of likely N-dealkylation sites (tertiary alicyclic amines) is 1. The first kappa shape index (κ1) is 16.1. The highest BCUT2D eigenvalue weighted by Crippen LogP contribution is 2.36. The molecule has 4 atom stereocenters. The number of hydrogen-bond donors (Lipinski definition) is 0. The molecule has 120 valence electrons. The minimum atomic E-state index is -4.54. The van der Waals surface area contributed by atoms with E-state index in [9.17, 15) is 22.8 Å². The molecule has 2 aliphatic heterocycles. The molecule has 0 aromatic carbocycles. The van der Waals surface area contributed by atoms with Gasteiger partial charge in [-0.25, -0.2) is 4.79 Å².